The molecule has 1 amide bonds. The SMILES string of the molecule is CCC[C@H](NC(=O)C(CC1CCCCC1)CS(=O)(=O)Cc1ccccc1)C(=O)c1nc2ccccc2o1. The van der Waals surface area contributed by atoms with E-state index in [2.05, 4.69) is 10.3 Å². The number of benzene rings is 2. The highest BCUT2D eigenvalue weighted by Crippen LogP contribution is 2.30. The Labute approximate surface area is 219 Å². The van der Waals surface area contributed by atoms with Gasteiger partial charge in [0.1, 0.15) is 5.52 Å². The van der Waals surface area contributed by atoms with Gasteiger partial charge in [0, 0.05) is 0 Å². The average molecular weight is 525 g/mol. The van der Waals surface area contributed by atoms with E-state index in [9.17, 15) is 18.0 Å². The number of Topliss-reactive ketones (excluding diaryl/α,β-unsaturated/α-hetero) is 1. The molecule has 198 valence electrons. The van der Waals surface area contributed by atoms with Crippen molar-refractivity contribution in [1.82, 2.24) is 10.3 Å². The zero-order chi connectivity index (χ0) is 26.3. The van der Waals surface area contributed by atoms with Gasteiger partial charge < -0.3 is 9.73 Å². The van der Waals surface area contributed by atoms with E-state index in [4.69, 9.17) is 4.42 Å². The molecule has 3 aromatic rings. The fraction of sp³-hybridized carbons (Fsp3) is 0.483. The molecule has 2 atom stereocenters. The molecule has 1 fully saturated rings. The van der Waals surface area contributed by atoms with E-state index >= 15 is 0 Å². The number of para-hydroxylation sites is 2. The minimum atomic E-state index is -3.54. The summed E-state index contributed by atoms with van der Waals surface area (Å²) < 4.78 is 32.0. The van der Waals surface area contributed by atoms with Crippen LogP contribution in [-0.2, 0) is 20.4 Å². The maximum Gasteiger partial charge on any atom is 0.266 e. The van der Waals surface area contributed by atoms with Gasteiger partial charge in [0.05, 0.1) is 23.5 Å². The van der Waals surface area contributed by atoms with Crippen LogP contribution in [0.15, 0.2) is 59.0 Å². The van der Waals surface area contributed by atoms with E-state index in [1.165, 1.54) is 6.42 Å². The Kier molecular flexibility index (Phi) is 9.14. The van der Waals surface area contributed by atoms with Crippen LogP contribution >= 0.6 is 0 Å². The number of nitrogens with zero attached hydrogens (tertiary/aromatic N) is 1. The lowest BCUT2D eigenvalue weighted by atomic mass is 9.83. The van der Waals surface area contributed by atoms with Crippen molar-refractivity contribution in [2.75, 3.05) is 5.75 Å². The van der Waals surface area contributed by atoms with Crippen molar-refractivity contribution in [1.29, 1.82) is 0 Å². The minimum Gasteiger partial charge on any atom is -0.434 e. The van der Waals surface area contributed by atoms with E-state index in [0.717, 1.165) is 25.7 Å². The van der Waals surface area contributed by atoms with Crippen LogP contribution in [0.25, 0.3) is 11.1 Å². The molecule has 37 heavy (non-hydrogen) atoms. The summed E-state index contributed by atoms with van der Waals surface area (Å²) in [6, 6.07) is 15.3. The zero-order valence-corrected chi connectivity index (χ0v) is 22.2. The Morgan fingerprint density at radius 2 is 1.73 bits per heavy atom. The molecule has 1 unspecified atom stereocenters. The summed E-state index contributed by atoms with van der Waals surface area (Å²) in [6.45, 7) is 1.93. The van der Waals surface area contributed by atoms with Crippen LogP contribution in [-0.4, -0.2) is 36.9 Å². The third kappa shape index (κ3) is 7.51. The Morgan fingerprint density at radius 3 is 2.43 bits per heavy atom. The fourth-order valence-corrected chi connectivity index (χ4v) is 6.96. The summed E-state index contributed by atoms with van der Waals surface area (Å²) in [5, 5.41) is 2.88. The summed E-state index contributed by atoms with van der Waals surface area (Å²) >= 11 is 0. The number of oxazole rings is 1. The van der Waals surface area contributed by atoms with Crippen molar-refractivity contribution in [2.45, 2.75) is 70.1 Å². The number of sulfone groups is 1. The Hall–Kier alpha value is -3.00. The van der Waals surface area contributed by atoms with Crippen molar-refractivity contribution >= 4 is 32.6 Å². The predicted molar refractivity (Wildman–Crippen MR) is 144 cm³/mol. The number of hydrogen-bond acceptors (Lipinski definition) is 6. The molecule has 2 aromatic carbocycles. The van der Waals surface area contributed by atoms with Gasteiger partial charge >= 0.3 is 0 Å². The molecule has 4 rings (SSSR count). The van der Waals surface area contributed by atoms with Crippen molar-refractivity contribution in [3.05, 3.63) is 66.1 Å². The molecular formula is C29H36N2O5S. The van der Waals surface area contributed by atoms with E-state index in [0.29, 0.717) is 41.8 Å². The van der Waals surface area contributed by atoms with Crippen LogP contribution in [0.5, 0.6) is 0 Å². The number of rotatable bonds is 12. The van der Waals surface area contributed by atoms with Gasteiger partial charge in [0.2, 0.25) is 11.7 Å². The van der Waals surface area contributed by atoms with Crippen LogP contribution < -0.4 is 5.32 Å². The molecule has 1 aromatic heterocycles. The summed E-state index contributed by atoms with van der Waals surface area (Å²) in [7, 11) is -3.54. The highest BCUT2D eigenvalue weighted by Gasteiger charge is 2.33. The second-order valence-electron chi connectivity index (χ2n) is 10.2. The topological polar surface area (TPSA) is 106 Å². The molecule has 1 aliphatic rings. The number of carbonyl (C=O) groups is 2. The molecule has 8 heteroatoms. The first-order valence-corrected chi connectivity index (χ1v) is 15.1. The van der Waals surface area contributed by atoms with Crippen molar-refractivity contribution in [3.63, 3.8) is 0 Å². The second kappa shape index (κ2) is 12.5. The van der Waals surface area contributed by atoms with E-state index in [1.807, 2.05) is 31.2 Å². The molecule has 1 saturated carbocycles. The highest BCUT2D eigenvalue weighted by atomic mass is 32.2. The van der Waals surface area contributed by atoms with Crippen LogP contribution in [0.1, 0.15) is 74.5 Å². The Balaban J connectivity index is 1.51. The van der Waals surface area contributed by atoms with Gasteiger partial charge in [-0.25, -0.2) is 13.4 Å². The lowest BCUT2D eigenvalue weighted by Gasteiger charge is -2.27. The number of carbonyl (C=O) groups excluding carboxylic acids is 2. The molecule has 0 saturated heterocycles. The van der Waals surface area contributed by atoms with Crippen LogP contribution in [0, 0.1) is 11.8 Å². The number of aromatic nitrogens is 1. The zero-order valence-electron chi connectivity index (χ0n) is 21.4. The molecule has 1 heterocycles. The van der Waals surface area contributed by atoms with Gasteiger partial charge in [-0.1, -0.05) is 87.9 Å². The molecule has 0 radical (unpaired) electrons. The molecule has 7 nitrogen and oxygen atoms in total. The Bertz CT molecular complexity index is 1260. The highest BCUT2D eigenvalue weighted by molar-refractivity contribution is 7.90. The third-order valence-electron chi connectivity index (χ3n) is 7.11. The largest absolute Gasteiger partial charge is 0.434 e. The lowest BCUT2D eigenvalue weighted by Crippen LogP contribution is -2.45. The first-order valence-electron chi connectivity index (χ1n) is 13.3. The van der Waals surface area contributed by atoms with Gasteiger partial charge in [-0.3, -0.25) is 9.59 Å². The van der Waals surface area contributed by atoms with Gasteiger partial charge in [-0.2, -0.15) is 0 Å². The summed E-state index contributed by atoms with van der Waals surface area (Å²) in [6.07, 6.45) is 6.97. The second-order valence-corrected chi connectivity index (χ2v) is 12.3. The molecule has 0 spiro atoms. The summed E-state index contributed by atoms with van der Waals surface area (Å²) in [5.74, 6) is -1.56. The van der Waals surface area contributed by atoms with Crippen molar-refractivity contribution in [3.8, 4) is 0 Å². The monoisotopic (exact) mass is 524 g/mol. The standard InChI is InChI=1S/C29H36N2O5S/c1-2-11-25(27(32)29-31-24-16-9-10-17-26(24)36-29)30-28(33)23(18-21-12-5-3-6-13-21)20-37(34,35)19-22-14-7-4-8-15-22/h4,7-10,14-17,21,23,25H,2-3,5-6,11-13,18-20H2,1H3,(H,30,33)/t23?,25-/m0/s1. The number of nitrogens with one attached hydrogen (secondary N) is 1. The molecule has 0 bridgehead atoms. The number of fused-ring (bicyclic) bond motifs is 1. The Morgan fingerprint density at radius 1 is 1.03 bits per heavy atom. The lowest BCUT2D eigenvalue weighted by molar-refractivity contribution is -0.125. The van der Waals surface area contributed by atoms with Gasteiger partial charge in [0.15, 0.2) is 15.4 Å². The van der Waals surface area contributed by atoms with E-state index in [-0.39, 0.29) is 23.3 Å². The molecule has 1 aliphatic carbocycles. The molecular weight excluding hydrogens is 488 g/mol. The maximum absolute atomic E-state index is 13.6. The molecule has 0 aliphatic heterocycles. The first-order chi connectivity index (χ1) is 17.8. The van der Waals surface area contributed by atoms with E-state index in [1.54, 1.807) is 30.3 Å². The van der Waals surface area contributed by atoms with Crippen LogP contribution in [0.3, 0.4) is 0 Å². The van der Waals surface area contributed by atoms with Gasteiger partial charge in [-0.05, 0) is 36.5 Å². The van der Waals surface area contributed by atoms with Crippen LogP contribution in [0.4, 0.5) is 0 Å². The summed E-state index contributed by atoms with van der Waals surface area (Å²) in [5.41, 5.74) is 1.79. The number of amides is 1. The predicted octanol–water partition coefficient (Wildman–Crippen LogP) is 5.50. The van der Waals surface area contributed by atoms with Gasteiger partial charge in [-0.15, -0.1) is 0 Å². The minimum absolute atomic E-state index is 0.0412. The fourth-order valence-electron chi connectivity index (χ4n) is 5.24. The quantitative estimate of drug-likeness (QED) is 0.314. The first kappa shape index (κ1) is 27.0. The van der Waals surface area contributed by atoms with Crippen molar-refractivity contribution < 1.29 is 22.4 Å². The van der Waals surface area contributed by atoms with Crippen LogP contribution in [0.2, 0.25) is 0 Å². The summed E-state index contributed by atoms with van der Waals surface area (Å²) in [4.78, 5) is 31.2. The maximum atomic E-state index is 13.6. The van der Waals surface area contributed by atoms with Crippen molar-refractivity contribution in [2.24, 2.45) is 11.8 Å². The normalized spacial score (nSPS) is 16.4. The van der Waals surface area contributed by atoms with E-state index < -0.39 is 27.6 Å². The van der Waals surface area contributed by atoms with Gasteiger partial charge in [0.25, 0.3) is 5.89 Å². The average Bonchev–Trinajstić information content (AvgIpc) is 3.33. The number of hydrogen-bond donors (Lipinski definition) is 1. The third-order valence-corrected chi connectivity index (χ3v) is 8.80. The molecule has 1 N–H and O–H groups in total. The number of ketones is 1. The smallest absolute Gasteiger partial charge is 0.266 e.